The van der Waals surface area contributed by atoms with Crippen LogP contribution in [0.5, 0.6) is 11.5 Å². The van der Waals surface area contributed by atoms with Gasteiger partial charge in [-0.15, -0.1) is 0 Å². The molecule has 0 radical (unpaired) electrons. The van der Waals surface area contributed by atoms with Gasteiger partial charge < -0.3 is 14.4 Å². The molecule has 0 spiro atoms. The van der Waals surface area contributed by atoms with E-state index in [2.05, 4.69) is 43.0 Å². The highest BCUT2D eigenvalue weighted by Crippen LogP contribution is 2.23. The highest BCUT2D eigenvalue weighted by molar-refractivity contribution is 5.94. The molecule has 4 rings (SSSR count). The first-order valence-corrected chi connectivity index (χ1v) is 11.5. The van der Waals surface area contributed by atoms with Gasteiger partial charge in [-0.3, -0.25) is 9.69 Å². The largest absolute Gasteiger partial charge is 0.497 e. The summed E-state index contributed by atoms with van der Waals surface area (Å²) in [5.41, 5.74) is 5.27. The number of nitrogens with zero attached hydrogens (tertiary/aromatic N) is 2. The van der Waals surface area contributed by atoms with Crippen LogP contribution in [-0.4, -0.2) is 49.0 Å². The van der Waals surface area contributed by atoms with E-state index in [9.17, 15) is 4.79 Å². The summed E-state index contributed by atoms with van der Waals surface area (Å²) >= 11 is 0. The van der Waals surface area contributed by atoms with Crippen LogP contribution in [0.1, 0.15) is 32.6 Å². The maximum Gasteiger partial charge on any atom is 0.253 e. The third kappa shape index (κ3) is 5.74. The predicted octanol–water partition coefficient (Wildman–Crippen LogP) is 4.85. The zero-order valence-corrected chi connectivity index (χ0v) is 19.7. The minimum Gasteiger partial charge on any atom is -0.497 e. The molecule has 1 fully saturated rings. The highest BCUT2D eigenvalue weighted by atomic mass is 16.5. The van der Waals surface area contributed by atoms with Gasteiger partial charge in [-0.2, -0.15) is 0 Å². The fraction of sp³-hybridized carbons (Fsp3) is 0.321. The van der Waals surface area contributed by atoms with E-state index in [1.54, 1.807) is 7.11 Å². The summed E-state index contributed by atoms with van der Waals surface area (Å²) in [4.78, 5) is 17.3. The first-order valence-electron chi connectivity index (χ1n) is 11.5. The lowest BCUT2D eigenvalue weighted by Gasteiger charge is -2.34. The number of amides is 1. The topological polar surface area (TPSA) is 42.0 Å². The molecule has 1 heterocycles. The highest BCUT2D eigenvalue weighted by Gasteiger charge is 2.22. The van der Waals surface area contributed by atoms with Gasteiger partial charge in [0, 0.05) is 38.3 Å². The van der Waals surface area contributed by atoms with Crippen molar-refractivity contribution in [1.29, 1.82) is 0 Å². The smallest absolute Gasteiger partial charge is 0.253 e. The van der Waals surface area contributed by atoms with Crippen LogP contribution in [0.2, 0.25) is 0 Å². The number of hydrogen-bond acceptors (Lipinski definition) is 4. The average Bonchev–Trinajstić information content (AvgIpc) is 2.84. The molecule has 3 aromatic rings. The number of aryl methyl sites for hydroxylation is 2. The third-order valence-corrected chi connectivity index (χ3v) is 6.19. The maximum atomic E-state index is 13.0. The molecule has 0 unspecified atom stereocenters. The van der Waals surface area contributed by atoms with E-state index in [0.29, 0.717) is 6.61 Å². The fourth-order valence-corrected chi connectivity index (χ4v) is 4.25. The SMILES string of the molecule is COc1cccc(CN2CCN(C(=O)c3ccc(COc4c(C)cccc4C)cc3)CC2)c1. The Kier molecular flexibility index (Phi) is 7.30. The Morgan fingerprint density at radius 3 is 2.18 bits per heavy atom. The number of para-hydroxylation sites is 1. The third-order valence-electron chi connectivity index (χ3n) is 6.19. The van der Waals surface area contributed by atoms with Gasteiger partial charge in [0.15, 0.2) is 0 Å². The van der Waals surface area contributed by atoms with Crippen LogP contribution in [-0.2, 0) is 13.2 Å². The molecule has 0 atom stereocenters. The maximum absolute atomic E-state index is 13.0. The standard InChI is InChI=1S/C28H32N2O3/c1-21-6-4-7-22(2)27(21)33-20-23-10-12-25(13-11-23)28(31)30-16-14-29(15-17-30)19-24-8-5-9-26(18-24)32-3/h4-13,18H,14-17,19-20H2,1-3H3. The van der Waals surface area contributed by atoms with Crippen LogP contribution in [0.25, 0.3) is 0 Å². The van der Waals surface area contributed by atoms with E-state index in [1.807, 2.05) is 47.4 Å². The molecule has 3 aromatic carbocycles. The quantitative estimate of drug-likeness (QED) is 0.523. The van der Waals surface area contributed by atoms with Crippen LogP contribution >= 0.6 is 0 Å². The van der Waals surface area contributed by atoms with Gasteiger partial charge in [-0.1, -0.05) is 42.5 Å². The molecular formula is C28H32N2O3. The summed E-state index contributed by atoms with van der Waals surface area (Å²) in [7, 11) is 1.69. The van der Waals surface area contributed by atoms with Crippen molar-refractivity contribution < 1.29 is 14.3 Å². The Bertz CT molecular complexity index is 1070. The summed E-state index contributed by atoms with van der Waals surface area (Å²) in [5.74, 6) is 1.91. The average molecular weight is 445 g/mol. The second kappa shape index (κ2) is 10.5. The molecule has 5 nitrogen and oxygen atoms in total. The molecule has 0 aromatic heterocycles. The van der Waals surface area contributed by atoms with Gasteiger partial charge in [0.2, 0.25) is 0 Å². The normalized spacial score (nSPS) is 14.2. The molecule has 0 N–H and O–H groups in total. The van der Waals surface area contributed by atoms with Crippen LogP contribution in [0.4, 0.5) is 0 Å². The van der Waals surface area contributed by atoms with Gasteiger partial charge in [0.25, 0.3) is 5.91 Å². The van der Waals surface area contributed by atoms with Crippen molar-refractivity contribution in [1.82, 2.24) is 9.80 Å². The van der Waals surface area contributed by atoms with Gasteiger partial charge in [-0.25, -0.2) is 0 Å². The van der Waals surface area contributed by atoms with Crippen molar-refractivity contribution in [3.63, 3.8) is 0 Å². The van der Waals surface area contributed by atoms with E-state index in [4.69, 9.17) is 9.47 Å². The number of rotatable bonds is 7. The summed E-state index contributed by atoms with van der Waals surface area (Å²) in [6.45, 7) is 8.67. The molecule has 0 aliphatic carbocycles. The molecule has 1 aliphatic heterocycles. The van der Waals surface area contributed by atoms with Gasteiger partial charge >= 0.3 is 0 Å². The van der Waals surface area contributed by atoms with Crippen LogP contribution in [0.15, 0.2) is 66.7 Å². The fourth-order valence-electron chi connectivity index (χ4n) is 4.25. The Balaban J connectivity index is 1.29. The molecule has 1 saturated heterocycles. The minimum absolute atomic E-state index is 0.0956. The van der Waals surface area contributed by atoms with E-state index in [1.165, 1.54) is 5.56 Å². The summed E-state index contributed by atoms with van der Waals surface area (Å²) in [6, 6.07) is 22.1. The molecular weight excluding hydrogens is 412 g/mol. The summed E-state index contributed by atoms with van der Waals surface area (Å²) in [5, 5.41) is 0. The number of carbonyl (C=O) groups is 1. The van der Waals surface area contributed by atoms with Gasteiger partial charge in [-0.05, 0) is 60.4 Å². The Hall–Kier alpha value is -3.31. The summed E-state index contributed by atoms with van der Waals surface area (Å²) in [6.07, 6.45) is 0. The number of methoxy groups -OCH3 is 1. The number of carbonyl (C=O) groups excluding carboxylic acids is 1. The zero-order chi connectivity index (χ0) is 23.2. The molecule has 33 heavy (non-hydrogen) atoms. The second-order valence-corrected chi connectivity index (χ2v) is 8.63. The van der Waals surface area contributed by atoms with E-state index in [-0.39, 0.29) is 5.91 Å². The molecule has 1 amide bonds. The first kappa shape index (κ1) is 22.9. The lowest BCUT2D eigenvalue weighted by Crippen LogP contribution is -2.48. The number of benzene rings is 3. The monoisotopic (exact) mass is 444 g/mol. The predicted molar refractivity (Wildman–Crippen MR) is 131 cm³/mol. The minimum atomic E-state index is 0.0956. The molecule has 172 valence electrons. The van der Waals surface area contributed by atoms with Crippen molar-refractivity contribution >= 4 is 5.91 Å². The Labute approximate surface area is 196 Å². The van der Waals surface area contributed by atoms with Crippen LogP contribution in [0, 0.1) is 13.8 Å². The lowest BCUT2D eigenvalue weighted by atomic mass is 10.1. The van der Waals surface area contributed by atoms with Crippen molar-refractivity contribution in [2.45, 2.75) is 27.0 Å². The van der Waals surface area contributed by atoms with Crippen LogP contribution in [0.3, 0.4) is 0 Å². The van der Waals surface area contributed by atoms with Crippen molar-refractivity contribution in [3.05, 3.63) is 94.5 Å². The Morgan fingerprint density at radius 1 is 0.848 bits per heavy atom. The molecule has 5 heteroatoms. The van der Waals surface area contributed by atoms with E-state index >= 15 is 0 Å². The van der Waals surface area contributed by atoms with Gasteiger partial charge in [0.1, 0.15) is 18.1 Å². The van der Waals surface area contributed by atoms with Crippen molar-refractivity contribution in [2.75, 3.05) is 33.3 Å². The number of ether oxygens (including phenoxy) is 2. The molecule has 1 aliphatic rings. The molecule has 0 bridgehead atoms. The zero-order valence-electron chi connectivity index (χ0n) is 19.7. The van der Waals surface area contributed by atoms with E-state index in [0.717, 1.165) is 66.5 Å². The van der Waals surface area contributed by atoms with Crippen molar-refractivity contribution in [2.24, 2.45) is 0 Å². The molecule has 0 saturated carbocycles. The van der Waals surface area contributed by atoms with Crippen molar-refractivity contribution in [3.8, 4) is 11.5 Å². The number of piperazine rings is 1. The lowest BCUT2D eigenvalue weighted by molar-refractivity contribution is 0.0628. The van der Waals surface area contributed by atoms with E-state index < -0.39 is 0 Å². The van der Waals surface area contributed by atoms with Crippen LogP contribution < -0.4 is 9.47 Å². The number of hydrogen-bond donors (Lipinski definition) is 0. The first-order chi connectivity index (χ1) is 16.0. The Morgan fingerprint density at radius 2 is 1.52 bits per heavy atom. The second-order valence-electron chi connectivity index (χ2n) is 8.63. The van der Waals surface area contributed by atoms with Gasteiger partial charge in [0.05, 0.1) is 7.11 Å². The summed E-state index contributed by atoms with van der Waals surface area (Å²) < 4.78 is 11.4.